The minimum atomic E-state index is -0.124. The van der Waals surface area contributed by atoms with E-state index in [0.29, 0.717) is 10.7 Å². The van der Waals surface area contributed by atoms with Crippen LogP contribution in [0.2, 0.25) is 0 Å². The Morgan fingerprint density at radius 3 is 2.75 bits per heavy atom. The number of aromatic nitrogens is 2. The van der Waals surface area contributed by atoms with E-state index in [1.807, 2.05) is 36.6 Å². The molecule has 0 atom stereocenters. The fourth-order valence-electron chi connectivity index (χ4n) is 1.32. The van der Waals surface area contributed by atoms with Crippen LogP contribution in [-0.4, -0.2) is 16.2 Å². The number of anilines is 2. The molecule has 2 rings (SSSR count). The number of nitrogens with one attached hydrogen (secondary N) is 2. The summed E-state index contributed by atoms with van der Waals surface area (Å²) in [5.41, 5.74) is 0.789. The van der Waals surface area contributed by atoms with Crippen LogP contribution in [0.3, 0.4) is 0 Å². The van der Waals surface area contributed by atoms with Gasteiger partial charge in [0.05, 0.1) is 6.33 Å². The van der Waals surface area contributed by atoms with Crippen molar-refractivity contribution in [1.29, 1.82) is 0 Å². The van der Waals surface area contributed by atoms with Crippen LogP contribution in [-0.2, 0) is 0 Å². The van der Waals surface area contributed by atoms with Crippen molar-refractivity contribution in [1.82, 2.24) is 9.97 Å². The van der Waals surface area contributed by atoms with Crippen LogP contribution in [0.1, 0.15) is 0 Å². The number of nitrogens with zero attached hydrogens (tertiary/aromatic N) is 1. The first kappa shape index (κ1) is 10.8. The molecule has 0 bridgehead atoms. The largest absolute Gasteiger partial charge is 0.339 e. The average Bonchev–Trinajstić information content (AvgIpc) is 2.31. The van der Waals surface area contributed by atoms with Crippen LogP contribution in [0.25, 0.3) is 0 Å². The topological polar surface area (TPSA) is 57.8 Å². The molecule has 0 aliphatic rings. The number of hydrogen-bond donors (Lipinski definition) is 2. The second-order valence-electron chi connectivity index (χ2n) is 3.10. The quantitative estimate of drug-likeness (QED) is 0.798. The molecule has 5 heteroatoms. The number of para-hydroxylation sites is 1. The first-order valence-corrected chi connectivity index (χ1v) is 5.97. The van der Waals surface area contributed by atoms with E-state index < -0.39 is 0 Å². The molecule has 2 aromatic rings. The number of rotatable bonds is 3. The molecule has 0 fully saturated rings. The van der Waals surface area contributed by atoms with Gasteiger partial charge in [-0.3, -0.25) is 4.79 Å². The van der Waals surface area contributed by atoms with E-state index in [1.54, 1.807) is 0 Å². The summed E-state index contributed by atoms with van der Waals surface area (Å²) in [5.74, 6) is 0.586. The maximum Gasteiger partial charge on any atom is 0.266 e. The Hall–Kier alpha value is -1.75. The molecule has 0 radical (unpaired) electrons. The molecular weight excluding hydrogens is 222 g/mol. The number of thioether (sulfide) groups is 1. The zero-order valence-electron chi connectivity index (χ0n) is 8.73. The molecule has 0 amide bonds. The van der Waals surface area contributed by atoms with Crippen molar-refractivity contribution in [2.45, 2.75) is 4.90 Å². The monoisotopic (exact) mass is 233 g/mol. The van der Waals surface area contributed by atoms with Gasteiger partial charge >= 0.3 is 0 Å². The Morgan fingerprint density at radius 2 is 2.06 bits per heavy atom. The number of H-pyrrole nitrogens is 1. The van der Waals surface area contributed by atoms with Crippen molar-refractivity contribution < 1.29 is 0 Å². The highest BCUT2D eigenvalue weighted by molar-refractivity contribution is 7.98. The molecule has 16 heavy (non-hydrogen) atoms. The molecule has 1 heterocycles. The summed E-state index contributed by atoms with van der Waals surface area (Å²) in [6.45, 7) is 0. The third-order valence-corrected chi connectivity index (χ3v) is 2.84. The van der Waals surface area contributed by atoms with Crippen LogP contribution >= 0.6 is 11.8 Å². The molecule has 1 aromatic heterocycles. The van der Waals surface area contributed by atoms with Gasteiger partial charge in [0.25, 0.3) is 5.56 Å². The van der Waals surface area contributed by atoms with Crippen molar-refractivity contribution in [3.8, 4) is 0 Å². The highest BCUT2D eigenvalue weighted by atomic mass is 32.2. The first-order chi connectivity index (χ1) is 7.81. The van der Waals surface area contributed by atoms with Crippen LogP contribution < -0.4 is 10.9 Å². The summed E-state index contributed by atoms with van der Waals surface area (Å²) in [5, 5.41) is 3.11. The first-order valence-electron chi connectivity index (χ1n) is 4.75. The summed E-state index contributed by atoms with van der Waals surface area (Å²) < 4.78 is 0. The lowest BCUT2D eigenvalue weighted by Crippen LogP contribution is -2.11. The van der Waals surface area contributed by atoms with Gasteiger partial charge in [-0.2, -0.15) is 0 Å². The lowest BCUT2D eigenvalue weighted by atomic mass is 10.3. The molecular formula is C11H11N3OS. The van der Waals surface area contributed by atoms with Gasteiger partial charge in [0, 0.05) is 5.69 Å². The molecule has 4 nitrogen and oxygen atoms in total. The Labute approximate surface area is 97.1 Å². The van der Waals surface area contributed by atoms with Gasteiger partial charge in [0.1, 0.15) is 4.90 Å². The van der Waals surface area contributed by atoms with Gasteiger partial charge in [-0.1, -0.05) is 18.2 Å². The van der Waals surface area contributed by atoms with Crippen LogP contribution in [0, 0.1) is 0 Å². The molecule has 0 aliphatic heterocycles. The van der Waals surface area contributed by atoms with Gasteiger partial charge in [-0.15, -0.1) is 11.8 Å². The number of benzene rings is 1. The maximum absolute atomic E-state index is 11.5. The van der Waals surface area contributed by atoms with Crippen molar-refractivity contribution in [2.24, 2.45) is 0 Å². The summed E-state index contributed by atoms with van der Waals surface area (Å²) in [6, 6.07) is 9.63. The highest BCUT2D eigenvalue weighted by Gasteiger charge is 2.06. The average molecular weight is 233 g/mol. The van der Waals surface area contributed by atoms with E-state index in [-0.39, 0.29) is 5.56 Å². The van der Waals surface area contributed by atoms with Gasteiger partial charge < -0.3 is 10.3 Å². The fourth-order valence-corrected chi connectivity index (χ4v) is 1.87. The van der Waals surface area contributed by atoms with Crippen LogP contribution in [0.5, 0.6) is 0 Å². The molecule has 0 unspecified atom stereocenters. The van der Waals surface area contributed by atoms with Gasteiger partial charge in [-0.25, -0.2) is 4.98 Å². The second kappa shape index (κ2) is 4.85. The fraction of sp³-hybridized carbons (Fsp3) is 0.0909. The Kier molecular flexibility index (Phi) is 3.26. The highest BCUT2D eigenvalue weighted by Crippen LogP contribution is 2.21. The minimum absolute atomic E-state index is 0.124. The SMILES string of the molecule is CSc1c(Nc2ccccc2)nc[nH]c1=O. The van der Waals surface area contributed by atoms with Crippen molar-refractivity contribution in [3.05, 3.63) is 47.0 Å². The summed E-state index contributed by atoms with van der Waals surface area (Å²) in [7, 11) is 0. The molecule has 1 aromatic carbocycles. The Morgan fingerprint density at radius 1 is 1.31 bits per heavy atom. The molecule has 82 valence electrons. The Bertz CT molecular complexity index is 524. The summed E-state index contributed by atoms with van der Waals surface area (Å²) in [6.07, 6.45) is 3.25. The normalized spacial score (nSPS) is 10.1. The van der Waals surface area contributed by atoms with E-state index in [4.69, 9.17) is 0 Å². The third-order valence-electron chi connectivity index (χ3n) is 2.05. The predicted octanol–water partition coefficient (Wildman–Crippen LogP) is 2.24. The standard InChI is InChI=1S/C11H11N3OS/c1-16-9-10(12-7-13-11(9)15)14-8-5-3-2-4-6-8/h2-7H,1H3,(H2,12,13,14,15). The van der Waals surface area contributed by atoms with Crippen molar-refractivity contribution in [3.63, 3.8) is 0 Å². The smallest absolute Gasteiger partial charge is 0.266 e. The van der Waals surface area contributed by atoms with Gasteiger partial charge in [0.2, 0.25) is 0 Å². The van der Waals surface area contributed by atoms with E-state index in [2.05, 4.69) is 15.3 Å². The van der Waals surface area contributed by atoms with Crippen LogP contribution in [0.15, 0.2) is 46.3 Å². The second-order valence-corrected chi connectivity index (χ2v) is 3.92. The van der Waals surface area contributed by atoms with E-state index >= 15 is 0 Å². The summed E-state index contributed by atoms with van der Waals surface area (Å²) >= 11 is 1.37. The molecule has 0 saturated carbocycles. The van der Waals surface area contributed by atoms with Crippen molar-refractivity contribution in [2.75, 3.05) is 11.6 Å². The lowest BCUT2D eigenvalue weighted by Gasteiger charge is -2.07. The van der Waals surface area contributed by atoms with Gasteiger partial charge in [-0.05, 0) is 18.4 Å². The zero-order valence-corrected chi connectivity index (χ0v) is 9.54. The van der Waals surface area contributed by atoms with Gasteiger partial charge in [0.15, 0.2) is 5.82 Å². The molecule has 0 saturated heterocycles. The minimum Gasteiger partial charge on any atom is -0.339 e. The predicted molar refractivity (Wildman–Crippen MR) is 66.4 cm³/mol. The molecule has 2 N–H and O–H groups in total. The number of aromatic amines is 1. The Balaban J connectivity index is 2.35. The third kappa shape index (κ3) is 2.25. The molecule has 0 spiro atoms. The molecule has 0 aliphatic carbocycles. The number of hydrogen-bond acceptors (Lipinski definition) is 4. The van der Waals surface area contributed by atoms with E-state index in [9.17, 15) is 4.79 Å². The maximum atomic E-state index is 11.5. The summed E-state index contributed by atoms with van der Waals surface area (Å²) in [4.78, 5) is 18.8. The van der Waals surface area contributed by atoms with Crippen molar-refractivity contribution >= 4 is 23.3 Å². The van der Waals surface area contributed by atoms with E-state index in [1.165, 1.54) is 18.1 Å². The lowest BCUT2D eigenvalue weighted by molar-refractivity contribution is 1.05. The zero-order chi connectivity index (χ0) is 11.4. The van der Waals surface area contributed by atoms with Crippen LogP contribution in [0.4, 0.5) is 11.5 Å². The van der Waals surface area contributed by atoms with E-state index in [0.717, 1.165) is 5.69 Å².